The van der Waals surface area contributed by atoms with Crippen LogP contribution >= 0.6 is 27.7 Å². The molecule has 0 atom stereocenters. The molecule has 0 radical (unpaired) electrons. The molecule has 3 nitrogen and oxygen atoms in total. The minimum Gasteiger partial charge on any atom is -0.308 e. The SMILES string of the molecule is NNc1ccc(CSc2ccccc2Br)cn1. The number of anilines is 1. The average molecular weight is 310 g/mol. The summed E-state index contributed by atoms with van der Waals surface area (Å²) in [5, 5.41) is 0. The molecule has 0 aliphatic rings. The first kappa shape index (κ1) is 12.4. The monoisotopic (exact) mass is 309 g/mol. The Morgan fingerprint density at radius 1 is 1.24 bits per heavy atom. The fraction of sp³-hybridized carbons (Fsp3) is 0.0833. The second-order valence-electron chi connectivity index (χ2n) is 3.42. The van der Waals surface area contributed by atoms with E-state index in [2.05, 4.69) is 32.4 Å². The largest absolute Gasteiger partial charge is 0.308 e. The van der Waals surface area contributed by atoms with Crippen LogP contribution in [0.1, 0.15) is 5.56 Å². The zero-order chi connectivity index (χ0) is 12.1. The Morgan fingerprint density at radius 2 is 2.06 bits per heavy atom. The van der Waals surface area contributed by atoms with Gasteiger partial charge in [-0.25, -0.2) is 10.8 Å². The molecule has 17 heavy (non-hydrogen) atoms. The van der Waals surface area contributed by atoms with Gasteiger partial charge in [-0.3, -0.25) is 0 Å². The molecule has 0 aliphatic carbocycles. The van der Waals surface area contributed by atoms with Crippen molar-refractivity contribution in [3.63, 3.8) is 0 Å². The molecule has 2 rings (SSSR count). The van der Waals surface area contributed by atoms with Crippen molar-refractivity contribution in [3.8, 4) is 0 Å². The number of aromatic nitrogens is 1. The standard InChI is InChI=1S/C12H12BrN3S/c13-10-3-1-2-4-11(10)17-8-9-5-6-12(16-14)15-7-9/h1-7H,8,14H2,(H,15,16). The third kappa shape index (κ3) is 3.46. The van der Waals surface area contributed by atoms with E-state index in [-0.39, 0.29) is 0 Å². The third-order valence-corrected chi connectivity index (χ3v) is 4.30. The summed E-state index contributed by atoms with van der Waals surface area (Å²) in [5.41, 5.74) is 3.68. The van der Waals surface area contributed by atoms with Gasteiger partial charge in [0.2, 0.25) is 0 Å². The molecule has 1 aromatic heterocycles. The Labute approximate surface area is 113 Å². The van der Waals surface area contributed by atoms with Crippen LogP contribution in [0, 0.1) is 0 Å². The van der Waals surface area contributed by atoms with Crippen LogP contribution in [0.15, 0.2) is 52.0 Å². The van der Waals surface area contributed by atoms with Gasteiger partial charge in [-0.15, -0.1) is 11.8 Å². The number of hydrogen-bond donors (Lipinski definition) is 2. The van der Waals surface area contributed by atoms with Crippen LogP contribution in [0.3, 0.4) is 0 Å². The van der Waals surface area contributed by atoms with E-state index in [1.165, 1.54) is 10.5 Å². The van der Waals surface area contributed by atoms with Crippen molar-refractivity contribution in [1.29, 1.82) is 0 Å². The van der Waals surface area contributed by atoms with Crippen LogP contribution in [-0.4, -0.2) is 4.98 Å². The molecule has 0 unspecified atom stereocenters. The van der Waals surface area contributed by atoms with Crippen LogP contribution in [0.2, 0.25) is 0 Å². The molecule has 0 spiro atoms. The highest BCUT2D eigenvalue weighted by atomic mass is 79.9. The highest BCUT2D eigenvalue weighted by molar-refractivity contribution is 9.10. The summed E-state index contributed by atoms with van der Waals surface area (Å²) in [5.74, 6) is 6.83. The van der Waals surface area contributed by atoms with Gasteiger partial charge in [0.1, 0.15) is 5.82 Å². The third-order valence-electron chi connectivity index (χ3n) is 2.20. The summed E-state index contributed by atoms with van der Waals surface area (Å²) in [6.07, 6.45) is 1.83. The summed E-state index contributed by atoms with van der Waals surface area (Å²) in [6.45, 7) is 0. The molecule has 1 aromatic carbocycles. The fourth-order valence-corrected chi connectivity index (χ4v) is 2.82. The van der Waals surface area contributed by atoms with E-state index in [0.717, 1.165) is 10.2 Å². The van der Waals surface area contributed by atoms with E-state index in [1.807, 2.05) is 36.5 Å². The average Bonchev–Trinajstić information content (AvgIpc) is 2.38. The molecular formula is C12H12BrN3S. The summed E-state index contributed by atoms with van der Waals surface area (Å²) >= 11 is 5.30. The van der Waals surface area contributed by atoms with Gasteiger partial charge in [0, 0.05) is 21.3 Å². The highest BCUT2D eigenvalue weighted by Crippen LogP contribution is 2.29. The number of rotatable bonds is 4. The molecule has 0 bridgehead atoms. The molecule has 0 saturated heterocycles. The number of benzene rings is 1. The predicted molar refractivity (Wildman–Crippen MR) is 75.8 cm³/mol. The number of nitrogens with zero attached hydrogens (tertiary/aromatic N) is 1. The Balaban J connectivity index is 2.00. The van der Waals surface area contributed by atoms with E-state index in [4.69, 9.17) is 5.84 Å². The van der Waals surface area contributed by atoms with Crippen molar-refractivity contribution in [2.24, 2.45) is 5.84 Å². The zero-order valence-electron chi connectivity index (χ0n) is 9.06. The summed E-state index contributed by atoms with van der Waals surface area (Å²) in [7, 11) is 0. The second kappa shape index (κ2) is 6.05. The zero-order valence-corrected chi connectivity index (χ0v) is 11.5. The molecule has 0 fully saturated rings. The van der Waals surface area contributed by atoms with Crippen molar-refractivity contribution in [2.45, 2.75) is 10.6 Å². The van der Waals surface area contributed by atoms with E-state index in [0.29, 0.717) is 5.82 Å². The number of nitrogens with one attached hydrogen (secondary N) is 1. The van der Waals surface area contributed by atoms with Crippen LogP contribution in [-0.2, 0) is 5.75 Å². The van der Waals surface area contributed by atoms with Crippen LogP contribution < -0.4 is 11.3 Å². The Morgan fingerprint density at radius 3 is 2.71 bits per heavy atom. The van der Waals surface area contributed by atoms with Crippen molar-refractivity contribution >= 4 is 33.5 Å². The molecule has 1 heterocycles. The molecule has 3 N–H and O–H groups in total. The number of pyridine rings is 1. The molecule has 5 heteroatoms. The van der Waals surface area contributed by atoms with Gasteiger partial charge < -0.3 is 5.43 Å². The normalized spacial score (nSPS) is 10.2. The lowest BCUT2D eigenvalue weighted by Gasteiger charge is -2.04. The summed E-state index contributed by atoms with van der Waals surface area (Å²) < 4.78 is 1.12. The van der Waals surface area contributed by atoms with Gasteiger partial charge in [-0.05, 0) is 39.7 Å². The Hall–Kier alpha value is -1.04. The first-order chi connectivity index (χ1) is 8.29. The lowest BCUT2D eigenvalue weighted by molar-refractivity contribution is 1.19. The van der Waals surface area contributed by atoms with Crippen molar-refractivity contribution in [3.05, 3.63) is 52.6 Å². The summed E-state index contributed by atoms with van der Waals surface area (Å²) in [4.78, 5) is 5.40. The molecule has 0 aliphatic heterocycles. The minimum absolute atomic E-state index is 0.680. The fourth-order valence-electron chi connectivity index (χ4n) is 1.32. The van der Waals surface area contributed by atoms with Gasteiger partial charge in [0.15, 0.2) is 0 Å². The number of hydrazine groups is 1. The van der Waals surface area contributed by atoms with E-state index in [9.17, 15) is 0 Å². The molecule has 2 aromatic rings. The van der Waals surface area contributed by atoms with E-state index < -0.39 is 0 Å². The Kier molecular flexibility index (Phi) is 4.42. The Bertz CT molecular complexity index is 487. The predicted octanol–water partition coefficient (Wildman–Crippen LogP) is 3.42. The smallest absolute Gasteiger partial charge is 0.139 e. The molecular weight excluding hydrogens is 298 g/mol. The maximum Gasteiger partial charge on any atom is 0.139 e. The van der Waals surface area contributed by atoms with Crippen molar-refractivity contribution in [2.75, 3.05) is 5.43 Å². The number of nitrogen functional groups attached to an aromatic ring is 1. The van der Waals surface area contributed by atoms with E-state index in [1.54, 1.807) is 11.8 Å². The van der Waals surface area contributed by atoms with Gasteiger partial charge in [0.05, 0.1) is 0 Å². The van der Waals surface area contributed by atoms with Crippen LogP contribution in [0.5, 0.6) is 0 Å². The van der Waals surface area contributed by atoms with Gasteiger partial charge in [-0.1, -0.05) is 18.2 Å². The number of halogens is 1. The quantitative estimate of drug-likeness (QED) is 0.516. The van der Waals surface area contributed by atoms with Crippen molar-refractivity contribution in [1.82, 2.24) is 4.98 Å². The van der Waals surface area contributed by atoms with Crippen LogP contribution in [0.25, 0.3) is 0 Å². The first-order valence-electron chi connectivity index (χ1n) is 5.08. The van der Waals surface area contributed by atoms with Gasteiger partial charge in [0.25, 0.3) is 0 Å². The highest BCUT2D eigenvalue weighted by Gasteiger charge is 2.00. The van der Waals surface area contributed by atoms with E-state index >= 15 is 0 Å². The first-order valence-corrected chi connectivity index (χ1v) is 6.86. The second-order valence-corrected chi connectivity index (χ2v) is 5.29. The summed E-state index contributed by atoms with van der Waals surface area (Å²) in [6, 6.07) is 12.1. The van der Waals surface area contributed by atoms with Crippen molar-refractivity contribution < 1.29 is 0 Å². The van der Waals surface area contributed by atoms with Gasteiger partial charge >= 0.3 is 0 Å². The molecule has 0 amide bonds. The van der Waals surface area contributed by atoms with Gasteiger partial charge in [-0.2, -0.15) is 0 Å². The molecule has 0 saturated carbocycles. The molecule has 88 valence electrons. The van der Waals surface area contributed by atoms with Crippen LogP contribution in [0.4, 0.5) is 5.82 Å². The minimum atomic E-state index is 0.680. The number of thioether (sulfide) groups is 1. The number of hydrogen-bond acceptors (Lipinski definition) is 4. The number of nitrogens with two attached hydrogens (primary N) is 1. The maximum absolute atomic E-state index is 5.26. The topological polar surface area (TPSA) is 50.9 Å². The lowest BCUT2D eigenvalue weighted by Crippen LogP contribution is -2.08. The maximum atomic E-state index is 5.26. The lowest BCUT2D eigenvalue weighted by atomic mass is 10.3.